The van der Waals surface area contributed by atoms with Gasteiger partial charge in [-0.1, -0.05) is 23.7 Å². The molecule has 2 amide bonds. The number of halogens is 1. The molecule has 0 fully saturated rings. The van der Waals surface area contributed by atoms with E-state index in [4.69, 9.17) is 25.8 Å². The van der Waals surface area contributed by atoms with Gasteiger partial charge in [-0.25, -0.2) is 0 Å². The molecule has 0 aliphatic carbocycles. The first-order valence-corrected chi connectivity index (χ1v) is 8.59. The normalized spacial score (nSPS) is 10.1. The van der Waals surface area contributed by atoms with Crippen molar-refractivity contribution in [2.45, 2.75) is 6.92 Å². The van der Waals surface area contributed by atoms with E-state index in [1.165, 1.54) is 20.3 Å². The van der Waals surface area contributed by atoms with E-state index in [0.29, 0.717) is 40.1 Å². The molecule has 144 valence electrons. The van der Waals surface area contributed by atoms with Crippen LogP contribution in [0, 0.1) is 0 Å². The van der Waals surface area contributed by atoms with E-state index in [1.807, 2.05) is 6.92 Å². The van der Waals surface area contributed by atoms with Crippen molar-refractivity contribution in [3.63, 3.8) is 0 Å². The number of amides is 2. The molecule has 2 aromatic carbocycles. The summed E-state index contributed by atoms with van der Waals surface area (Å²) < 4.78 is 15.8. The van der Waals surface area contributed by atoms with Crippen molar-refractivity contribution in [2.24, 2.45) is 0 Å². The third kappa shape index (κ3) is 5.27. The number of methoxy groups -OCH3 is 2. The molecule has 0 atom stereocenters. The Labute approximate surface area is 162 Å². The SMILES string of the molecule is CCOc1ccccc1C(=O)NCC(=O)Nc1cc(OC)c(Cl)cc1OC. The van der Waals surface area contributed by atoms with Gasteiger partial charge in [-0.15, -0.1) is 0 Å². The van der Waals surface area contributed by atoms with Gasteiger partial charge in [0.1, 0.15) is 17.2 Å². The van der Waals surface area contributed by atoms with Crippen molar-refractivity contribution in [1.29, 1.82) is 0 Å². The summed E-state index contributed by atoms with van der Waals surface area (Å²) in [7, 11) is 2.93. The molecule has 0 aliphatic rings. The van der Waals surface area contributed by atoms with E-state index in [-0.39, 0.29) is 6.54 Å². The first-order chi connectivity index (χ1) is 13.0. The number of anilines is 1. The van der Waals surface area contributed by atoms with Crippen LogP contribution in [-0.2, 0) is 4.79 Å². The number of ether oxygens (including phenoxy) is 3. The molecule has 8 heteroatoms. The van der Waals surface area contributed by atoms with E-state index in [9.17, 15) is 9.59 Å². The lowest BCUT2D eigenvalue weighted by Crippen LogP contribution is -2.33. The van der Waals surface area contributed by atoms with Crippen LogP contribution in [0.4, 0.5) is 5.69 Å². The number of carbonyl (C=O) groups excluding carboxylic acids is 2. The fourth-order valence-corrected chi connectivity index (χ4v) is 2.57. The van der Waals surface area contributed by atoms with Crippen molar-refractivity contribution < 1.29 is 23.8 Å². The molecule has 0 aliphatic heterocycles. The minimum absolute atomic E-state index is 0.229. The molecule has 0 bridgehead atoms. The number of rotatable bonds is 8. The highest BCUT2D eigenvalue weighted by atomic mass is 35.5. The molecule has 0 heterocycles. The van der Waals surface area contributed by atoms with E-state index >= 15 is 0 Å². The van der Waals surface area contributed by atoms with Crippen LogP contribution in [0.25, 0.3) is 0 Å². The molecule has 27 heavy (non-hydrogen) atoms. The predicted octanol–water partition coefficient (Wildman–Crippen LogP) is 3.12. The van der Waals surface area contributed by atoms with E-state index < -0.39 is 11.8 Å². The number of hydrogen-bond donors (Lipinski definition) is 2. The molecule has 2 aromatic rings. The predicted molar refractivity (Wildman–Crippen MR) is 103 cm³/mol. The van der Waals surface area contributed by atoms with Crippen LogP contribution in [0.3, 0.4) is 0 Å². The van der Waals surface area contributed by atoms with Gasteiger partial charge in [0.05, 0.1) is 43.6 Å². The number of para-hydroxylation sites is 1. The van der Waals surface area contributed by atoms with Crippen LogP contribution in [0.15, 0.2) is 36.4 Å². The zero-order valence-electron chi connectivity index (χ0n) is 15.3. The van der Waals surface area contributed by atoms with Crippen molar-refractivity contribution in [1.82, 2.24) is 5.32 Å². The minimum atomic E-state index is -0.431. The van der Waals surface area contributed by atoms with Crippen LogP contribution in [-0.4, -0.2) is 39.2 Å². The number of carbonyl (C=O) groups is 2. The number of hydrogen-bond acceptors (Lipinski definition) is 5. The summed E-state index contributed by atoms with van der Waals surface area (Å²) in [6.45, 7) is 2.03. The zero-order chi connectivity index (χ0) is 19.8. The van der Waals surface area contributed by atoms with Gasteiger partial charge in [0.2, 0.25) is 5.91 Å². The molecule has 0 aromatic heterocycles. The van der Waals surface area contributed by atoms with Gasteiger partial charge in [-0.3, -0.25) is 9.59 Å². The Hall–Kier alpha value is -2.93. The first kappa shape index (κ1) is 20.4. The Kier molecular flexibility index (Phi) is 7.31. The molecule has 2 N–H and O–H groups in total. The van der Waals surface area contributed by atoms with Gasteiger partial charge in [0, 0.05) is 12.1 Å². The van der Waals surface area contributed by atoms with Crippen LogP contribution in [0.5, 0.6) is 17.2 Å². The standard InChI is InChI=1S/C19H21ClN2O5/c1-4-27-15-8-6-5-7-12(15)19(24)21-11-18(23)22-14-10-16(25-2)13(20)9-17(14)26-3/h5-10H,4,11H2,1-3H3,(H,21,24)(H,22,23). The third-order valence-corrected chi connectivity index (χ3v) is 3.88. The van der Waals surface area contributed by atoms with Gasteiger partial charge in [0.15, 0.2) is 0 Å². The summed E-state index contributed by atoms with van der Waals surface area (Å²) in [5.74, 6) is 0.390. The monoisotopic (exact) mass is 392 g/mol. The smallest absolute Gasteiger partial charge is 0.255 e. The average molecular weight is 393 g/mol. The summed E-state index contributed by atoms with van der Waals surface area (Å²) in [6, 6.07) is 9.91. The van der Waals surface area contributed by atoms with Crippen molar-refractivity contribution in [3.8, 4) is 17.2 Å². The maximum absolute atomic E-state index is 12.3. The molecular weight excluding hydrogens is 372 g/mol. The van der Waals surface area contributed by atoms with Gasteiger partial charge >= 0.3 is 0 Å². The Morgan fingerprint density at radius 2 is 1.74 bits per heavy atom. The van der Waals surface area contributed by atoms with E-state index in [1.54, 1.807) is 30.3 Å². The molecule has 0 spiro atoms. The largest absolute Gasteiger partial charge is 0.495 e. The second-order valence-corrected chi connectivity index (χ2v) is 5.75. The van der Waals surface area contributed by atoms with Crippen molar-refractivity contribution in [2.75, 3.05) is 32.7 Å². The van der Waals surface area contributed by atoms with Gasteiger partial charge in [-0.2, -0.15) is 0 Å². The van der Waals surface area contributed by atoms with Crippen LogP contribution in [0.1, 0.15) is 17.3 Å². The Bertz CT molecular complexity index is 826. The van der Waals surface area contributed by atoms with Gasteiger partial charge in [0.25, 0.3) is 5.91 Å². The Balaban J connectivity index is 2.04. The Morgan fingerprint density at radius 1 is 1.04 bits per heavy atom. The summed E-state index contributed by atoms with van der Waals surface area (Å²) in [5.41, 5.74) is 0.741. The number of benzene rings is 2. The zero-order valence-corrected chi connectivity index (χ0v) is 16.1. The lowest BCUT2D eigenvalue weighted by Gasteiger charge is -2.14. The molecule has 0 saturated carbocycles. The summed E-state index contributed by atoms with van der Waals surface area (Å²) in [4.78, 5) is 24.6. The Morgan fingerprint density at radius 3 is 2.41 bits per heavy atom. The van der Waals surface area contributed by atoms with E-state index in [0.717, 1.165) is 0 Å². The molecule has 0 saturated heterocycles. The number of nitrogens with one attached hydrogen (secondary N) is 2. The third-order valence-electron chi connectivity index (χ3n) is 3.59. The lowest BCUT2D eigenvalue weighted by atomic mass is 10.2. The minimum Gasteiger partial charge on any atom is -0.495 e. The second kappa shape index (κ2) is 9.68. The van der Waals surface area contributed by atoms with Gasteiger partial charge < -0.3 is 24.8 Å². The van der Waals surface area contributed by atoms with Gasteiger partial charge in [-0.05, 0) is 19.1 Å². The topological polar surface area (TPSA) is 85.9 Å². The first-order valence-electron chi connectivity index (χ1n) is 8.21. The highest BCUT2D eigenvalue weighted by Crippen LogP contribution is 2.35. The molecule has 0 radical (unpaired) electrons. The lowest BCUT2D eigenvalue weighted by molar-refractivity contribution is -0.115. The van der Waals surface area contributed by atoms with E-state index in [2.05, 4.69) is 10.6 Å². The summed E-state index contributed by atoms with van der Waals surface area (Å²) in [5, 5.41) is 5.58. The summed E-state index contributed by atoms with van der Waals surface area (Å²) in [6.07, 6.45) is 0. The highest BCUT2D eigenvalue weighted by Gasteiger charge is 2.15. The van der Waals surface area contributed by atoms with Crippen LogP contribution in [0.2, 0.25) is 5.02 Å². The average Bonchev–Trinajstić information content (AvgIpc) is 2.67. The maximum atomic E-state index is 12.3. The molecule has 7 nitrogen and oxygen atoms in total. The maximum Gasteiger partial charge on any atom is 0.255 e. The van der Waals surface area contributed by atoms with Crippen LogP contribution < -0.4 is 24.8 Å². The van der Waals surface area contributed by atoms with Crippen molar-refractivity contribution >= 4 is 29.1 Å². The molecule has 0 unspecified atom stereocenters. The highest BCUT2D eigenvalue weighted by molar-refractivity contribution is 6.32. The fraction of sp³-hybridized carbons (Fsp3) is 0.263. The molecule has 2 rings (SSSR count). The quantitative estimate of drug-likeness (QED) is 0.720. The fourth-order valence-electron chi connectivity index (χ4n) is 2.34. The molecular formula is C19H21ClN2O5. The van der Waals surface area contributed by atoms with Crippen molar-refractivity contribution in [3.05, 3.63) is 47.0 Å². The van der Waals surface area contributed by atoms with Crippen LogP contribution >= 0.6 is 11.6 Å². The second-order valence-electron chi connectivity index (χ2n) is 5.35. The summed E-state index contributed by atoms with van der Waals surface area (Å²) >= 11 is 6.04.